The van der Waals surface area contributed by atoms with E-state index in [-0.39, 0.29) is 6.10 Å². The van der Waals surface area contributed by atoms with Crippen molar-refractivity contribution in [2.24, 2.45) is 5.92 Å². The van der Waals surface area contributed by atoms with Crippen LogP contribution in [0.25, 0.3) is 0 Å². The second-order valence-corrected chi connectivity index (χ2v) is 4.72. The third kappa shape index (κ3) is 4.09. The van der Waals surface area contributed by atoms with Gasteiger partial charge in [-0.3, -0.25) is 0 Å². The van der Waals surface area contributed by atoms with Gasteiger partial charge in [0.25, 0.3) is 0 Å². The van der Waals surface area contributed by atoms with Gasteiger partial charge in [-0.15, -0.1) is 0 Å². The molecule has 90 valence electrons. The molecule has 0 aromatic heterocycles. The van der Waals surface area contributed by atoms with Crippen molar-refractivity contribution in [2.75, 3.05) is 20.3 Å². The summed E-state index contributed by atoms with van der Waals surface area (Å²) in [5.74, 6) is -0.0441. The number of hydrogen-bond donors (Lipinski definition) is 0. The molecule has 0 aromatic rings. The van der Waals surface area contributed by atoms with Crippen molar-refractivity contribution in [1.82, 2.24) is 0 Å². The molecule has 1 saturated heterocycles. The molecule has 1 aliphatic heterocycles. The molecule has 0 bridgehead atoms. The maximum absolute atomic E-state index is 5.94. The highest BCUT2D eigenvalue weighted by Crippen LogP contribution is 2.29. The molecule has 1 aliphatic rings. The fourth-order valence-corrected chi connectivity index (χ4v) is 1.98. The van der Waals surface area contributed by atoms with E-state index in [4.69, 9.17) is 14.2 Å². The van der Waals surface area contributed by atoms with Gasteiger partial charge in [-0.05, 0) is 20.3 Å². The molecule has 1 rings (SSSR count). The van der Waals surface area contributed by atoms with E-state index < -0.39 is 5.79 Å². The van der Waals surface area contributed by atoms with Crippen molar-refractivity contribution < 1.29 is 14.2 Å². The van der Waals surface area contributed by atoms with Crippen LogP contribution in [0.3, 0.4) is 0 Å². The molecule has 1 heterocycles. The summed E-state index contributed by atoms with van der Waals surface area (Å²) < 4.78 is 16.8. The minimum atomic E-state index is -0.428. The standard InChI is InChI=1S/C12H24O3/c1-5-6-7-11-10(8-13-4)9-14-12(2,3)15-11/h10-11H,5-9H2,1-4H3. The fraction of sp³-hybridized carbons (Fsp3) is 1.00. The first-order valence-corrected chi connectivity index (χ1v) is 5.89. The highest BCUT2D eigenvalue weighted by molar-refractivity contribution is 4.77. The van der Waals surface area contributed by atoms with Crippen LogP contribution in [-0.2, 0) is 14.2 Å². The van der Waals surface area contributed by atoms with E-state index in [9.17, 15) is 0 Å². The van der Waals surface area contributed by atoms with Gasteiger partial charge in [0.1, 0.15) is 0 Å². The van der Waals surface area contributed by atoms with E-state index in [2.05, 4.69) is 6.92 Å². The predicted molar refractivity (Wildman–Crippen MR) is 59.8 cm³/mol. The molecule has 15 heavy (non-hydrogen) atoms. The van der Waals surface area contributed by atoms with Crippen LogP contribution >= 0.6 is 0 Å². The van der Waals surface area contributed by atoms with E-state index in [1.54, 1.807) is 7.11 Å². The van der Waals surface area contributed by atoms with Crippen molar-refractivity contribution in [3.05, 3.63) is 0 Å². The van der Waals surface area contributed by atoms with Gasteiger partial charge >= 0.3 is 0 Å². The molecule has 3 heteroatoms. The van der Waals surface area contributed by atoms with Crippen LogP contribution in [0.4, 0.5) is 0 Å². The highest BCUT2D eigenvalue weighted by Gasteiger charge is 2.35. The van der Waals surface area contributed by atoms with E-state index in [1.807, 2.05) is 13.8 Å². The van der Waals surface area contributed by atoms with Crippen LogP contribution in [0.1, 0.15) is 40.0 Å². The summed E-state index contributed by atoms with van der Waals surface area (Å²) in [6.45, 7) is 7.64. The van der Waals surface area contributed by atoms with Gasteiger partial charge in [0.15, 0.2) is 5.79 Å². The summed E-state index contributed by atoms with van der Waals surface area (Å²) in [5, 5.41) is 0. The van der Waals surface area contributed by atoms with Gasteiger partial charge in [0, 0.05) is 13.0 Å². The molecule has 2 atom stereocenters. The summed E-state index contributed by atoms with van der Waals surface area (Å²) in [6.07, 6.45) is 3.81. The van der Waals surface area contributed by atoms with Gasteiger partial charge in [-0.1, -0.05) is 19.8 Å². The summed E-state index contributed by atoms with van der Waals surface area (Å²) in [7, 11) is 1.73. The zero-order valence-corrected chi connectivity index (χ0v) is 10.4. The monoisotopic (exact) mass is 216 g/mol. The average Bonchev–Trinajstić information content (AvgIpc) is 2.18. The lowest BCUT2D eigenvalue weighted by atomic mass is 9.97. The molecule has 0 aliphatic carbocycles. The van der Waals surface area contributed by atoms with E-state index >= 15 is 0 Å². The minimum absolute atomic E-state index is 0.286. The van der Waals surface area contributed by atoms with Crippen molar-refractivity contribution >= 4 is 0 Å². The number of unbranched alkanes of at least 4 members (excludes halogenated alkanes) is 1. The third-order valence-corrected chi connectivity index (χ3v) is 2.83. The van der Waals surface area contributed by atoms with Crippen molar-refractivity contribution in [3.63, 3.8) is 0 Å². The smallest absolute Gasteiger partial charge is 0.163 e. The summed E-state index contributed by atoms with van der Waals surface area (Å²) in [4.78, 5) is 0. The summed E-state index contributed by atoms with van der Waals surface area (Å²) >= 11 is 0. The number of ether oxygens (including phenoxy) is 3. The normalized spacial score (nSPS) is 30.4. The highest BCUT2D eigenvalue weighted by atomic mass is 16.7. The fourth-order valence-electron chi connectivity index (χ4n) is 1.98. The van der Waals surface area contributed by atoms with Crippen molar-refractivity contribution in [1.29, 1.82) is 0 Å². The van der Waals surface area contributed by atoms with Crippen LogP contribution in [-0.4, -0.2) is 32.2 Å². The van der Waals surface area contributed by atoms with Crippen LogP contribution in [0.5, 0.6) is 0 Å². The second kappa shape index (κ2) is 5.83. The van der Waals surface area contributed by atoms with Crippen molar-refractivity contribution in [3.8, 4) is 0 Å². The Labute approximate surface area is 93.1 Å². The minimum Gasteiger partial charge on any atom is -0.384 e. The largest absolute Gasteiger partial charge is 0.384 e. The molecule has 1 fully saturated rings. The Balaban J connectivity index is 2.48. The Morgan fingerprint density at radius 1 is 1.40 bits per heavy atom. The number of methoxy groups -OCH3 is 1. The maximum Gasteiger partial charge on any atom is 0.163 e. The molecule has 3 nitrogen and oxygen atoms in total. The lowest BCUT2D eigenvalue weighted by Gasteiger charge is -2.41. The lowest BCUT2D eigenvalue weighted by molar-refractivity contribution is -0.297. The van der Waals surface area contributed by atoms with E-state index in [1.165, 1.54) is 12.8 Å². The zero-order chi connectivity index (χ0) is 11.3. The average molecular weight is 216 g/mol. The maximum atomic E-state index is 5.94. The van der Waals surface area contributed by atoms with Crippen LogP contribution in [0, 0.1) is 5.92 Å². The first kappa shape index (κ1) is 12.9. The summed E-state index contributed by atoms with van der Waals surface area (Å²) in [5.41, 5.74) is 0. The third-order valence-electron chi connectivity index (χ3n) is 2.83. The first-order chi connectivity index (χ1) is 7.09. The predicted octanol–water partition coefficient (Wildman–Crippen LogP) is 2.59. The Morgan fingerprint density at radius 3 is 2.73 bits per heavy atom. The van der Waals surface area contributed by atoms with Gasteiger partial charge in [0.05, 0.1) is 19.3 Å². The molecule has 2 unspecified atom stereocenters. The molecular formula is C12H24O3. The Morgan fingerprint density at radius 2 is 2.13 bits per heavy atom. The topological polar surface area (TPSA) is 27.7 Å². The van der Waals surface area contributed by atoms with Crippen LogP contribution in [0.15, 0.2) is 0 Å². The van der Waals surface area contributed by atoms with Gasteiger partial charge in [0.2, 0.25) is 0 Å². The quantitative estimate of drug-likeness (QED) is 0.707. The molecule has 0 radical (unpaired) electrons. The Hall–Kier alpha value is -0.120. The first-order valence-electron chi connectivity index (χ1n) is 5.89. The van der Waals surface area contributed by atoms with Gasteiger partial charge < -0.3 is 14.2 Å². The molecule has 0 aromatic carbocycles. The van der Waals surface area contributed by atoms with Crippen LogP contribution < -0.4 is 0 Å². The molecule has 0 saturated carbocycles. The van der Waals surface area contributed by atoms with E-state index in [0.717, 1.165) is 19.6 Å². The van der Waals surface area contributed by atoms with Crippen LogP contribution in [0.2, 0.25) is 0 Å². The zero-order valence-electron chi connectivity index (χ0n) is 10.4. The molecule has 0 N–H and O–H groups in total. The lowest BCUT2D eigenvalue weighted by Crippen LogP contribution is -2.47. The Bertz CT molecular complexity index is 180. The van der Waals surface area contributed by atoms with Gasteiger partial charge in [-0.25, -0.2) is 0 Å². The molecule has 0 amide bonds. The van der Waals surface area contributed by atoms with Crippen molar-refractivity contribution in [2.45, 2.75) is 51.9 Å². The van der Waals surface area contributed by atoms with Gasteiger partial charge in [-0.2, -0.15) is 0 Å². The second-order valence-electron chi connectivity index (χ2n) is 4.72. The molecule has 0 spiro atoms. The van der Waals surface area contributed by atoms with E-state index in [0.29, 0.717) is 5.92 Å². The number of hydrogen-bond acceptors (Lipinski definition) is 3. The Kier molecular flexibility index (Phi) is 5.03. The number of rotatable bonds is 5. The summed E-state index contributed by atoms with van der Waals surface area (Å²) in [6, 6.07) is 0. The SMILES string of the molecule is CCCCC1OC(C)(C)OCC1COC. The molecular weight excluding hydrogens is 192 g/mol.